The van der Waals surface area contributed by atoms with Crippen LogP contribution in [0.1, 0.15) is 12.5 Å². The highest BCUT2D eigenvalue weighted by atomic mass is 16.6. The van der Waals surface area contributed by atoms with Crippen molar-refractivity contribution < 1.29 is 9.53 Å². The van der Waals surface area contributed by atoms with Gasteiger partial charge in [-0.2, -0.15) is 0 Å². The molecule has 1 atom stereocenters. The fourth-order valence-corrected chi connectivity index (χ4v) is 1.89. The SMILES string of the molecule is [B]c1ccccc1CN1CC(C)(CN)OC1=O. The Kier molecular flexibility index (Phi) is 3.11. The molecule has 1 amide bonds. The van der Waals surface area contributed by atoms with E-state index in [4.69, 9.17) is 18.3 Å². The second kappa shape index (κ2) is 4.41. The molecule has 88 valence electrons. The Morgan fingerprint density at radius 2 is 2.24 bits per heavy atom. The van der Waals surface area contributed by atoms with E-state index in [2.05, 4.69) is 0 Å². The van der Waals surface area contributed by atoms with Gasteiger partial charge in [0.1, 0.15) is 13.4 Å². The third kappa shape index (κ3) is 2.44. The molecular weight excluding hydrogens is 215 g/mol. The largest absolute Gasteiger partial charge is 0.440 e. The summed E-state index contributed by atoms with van der Waals surface area (Å²) in [6.45, 7) is 3.11. The van der Waals surface area contributed by atoms with Crippen molar-refractivity contribution in [2.24, 2.45) is 5.73 Å². The number of hydrogen-bond donors (Lipinski definition) is 1. The van der Waals surface area contributed by atoms with Crippen LogP contribution in [0.5, 0.6) is 0 Å². The average molecular weight is 230 g/mol. The number of carbonyl (C=O) groups is 1. The van der Waals surface area contributed by atoms with E-state index in [9.17, 15) is 4.79 Å². The van der Waals surface area contributed by atoms with E-state index in [1.165, 1.54) is 0 Å². The van der Waals surface area contributed by atoms with Gasteiger partial charge in [0.05, 0.1) is 6.54 Å². The van der Waals surface area contributed by atoms with Gasteiger partial charge in [-0.25, -0.2) is 4.79 Å². The minimum Gasteiger partial charge on any atom is -0.440 e. The van der Waals surface area contributed by atoms with Crippen LogP contribution in [0.25, 0.3) is 0 Å². The second-order valence-corrected chi connectivity index (χ2v) is 4.58. The summed E-state index contributed by atoms with van der Waals surface area (Å²) in [5.74, 6) is 0. The van der Waals surface area contributed by atoms with E-state index >= 15 is 0 Å². The molecule has 5 heteroatoms. The first kappa shape index (κ1) is 12.0. The lowest BCUT2D eigenvalue weighted by atomic mass is 9.90. The van der Waals surface area contributed by atoms with Crippen molar-refractivity contribution >= 4 is 19.4 Å². The molecule has 4 nitrogen and oxygen atoms in total. The van der Waals surface area contributed by atoms with Crippen LogP contribution in [0.4, 0.5) is 4.79 Å². The van der Waals surface area contributed by atoms with E-state index in [1.807, 2.05) is 31.2 Å². The van der Waals surface area contributed by atoms with Gasteiger partial charge in [0, 0.05) is 13.1 Å². The molecule has 1 aromatic carbocycles. The van der Waals surface area contributed by atoms with Crippen LogP contribution in [-0.4, -0.2) is 37.5 Å². The number of nitrogens with zero attached hydrogens (tertiary/aromatic N) is 1. The summed E-state index contributed by atoms with van der Waals surface area (Å²) in [5.41, 5.74) is 6.61. The number of carbonyl (C=O) groups excluding carboxylic acids is 1. The highest BCUT2D eigenvalue weighted by Gasteiger charge is 2.40. The van der Waals surface area contributed by atoms with E-state index in [-0.39, 0.29) is 6.09 Å². The highest BCUT2D eigenvalue weighted by molar-refractivity contribution is 6.33. The molecule has 0 spiro atoms. The summed E-state index contributed by atoms with van der Waals surface area (Å²) < 4.78 is 5.24. The van der Waals surface area contributed by atoms with Crippen molar-refractivity contribution in [3.63, 3.8) is 0 Å². The lowest BCUT2D eigenvalue weighted by Crippen LogP contribution is -2.38. The number of cyclic esters (lactones) is 1. The minimum atomic E-state index is -0.583. The van der Waals surface area contributed by atoms with Gasteiger partial charge in [0.25, 0.3) is 0 Å². The third-order valence-corrected chi connectivity index (χ3v) is 2.97. The molecular formula is C12H15BN2O2. The van der Waals surface area contributed by atoms with Gasteiger partial charge in [-0.1, -0.05) is 29.7 Å². The first-order valence-electron chi connectivity index (χ1n) is 5.55. The smallest absolute Gasteiger partial charge is 0.410 e. The van der Waals surface area contributed by atoms with E-state index in [1.54, 1.807) is 4.90 Å². The predicted molar refractivity (Wildman–Crippen MR) is 66.2 cm³/mol. The number of hydrogen-bond acceptors (Lipinski definition) is 3. The van der Waals surface area contributed by atoms with Crippen LogP contribution in [0.15, 0.2) is 24.3 Å². The average Bonchev–Trinajstić information content (AvgIpc) is 2.58. The van der Waals surface area contributed by atoms with Gasteiger partial charge in [0.15, 0.2) is 0 Å². The first-order valence-corrected chi connectivity index (χ1v) is 5.55. The summed E-state index contributed by atoms with van der Waals surface area (Å²) in [6.07, 6.45) is -0.332. The van der Waals surface area contributed by atoms with E-state index in [0.29, 0.717) is 25.1 Å². The first-order chi connectivity index (χ1) is 8.04. The molecule has 2 N–H and O–H groups in total. The maximum absolute atomic E-state index is 11.7. The minimum absolute atomic E-state index is 0.319. The predicted octanol–water partition coefficient (Wildman–Crippen LogP) is 0.150. The monoisotopic (exact) mass is 230 g/mol. The molecule has 1 unspecified atom stereocenters. The maximum Gasteiger partial charge on any atom is 0.410 e. The third-order valence-electron chi connectivity index (χ3n) is 2.97. The summed E-state index contributed by atoms with van der Waals surface area (Å²) in [7, 11) is 5.84. The Labute approximate surface area is 102 Å². The molecule has 1 saturated heterocycles. The van der Waals surface area contributed by atoms with Gasteiger partial charge in [0.2, 0.25) is 0 Å². The molecule has 1 aliphatic heterocycles. The van der Waals surface area contributed by atoms with Crippen molar-refractivity contribution in [3.8, 4) is 0 Å². The number of nitrogens with two attached hydrogens (primary N) is 1. The molecule has 1 aromatic rings. The standard InChI is InChI=1S/C12H15BN2O2/c1-12(7-14)8-15(11(16)17-12)6-9-4-2-3-5-10(9)13/h2-5H,6-8,14H2,1H3. The molecule has 2 radical (unpaired) electrons. The Morgan fingerprint density at radius 1 is 1.53 bits per heavy atom. The Balaban J connectivity index is 2.11. The van der Waals surface area contributed by atoms with Crippen LogP contribution in [0.3, 0.4) is 0 Å². The summed E-state index contributed by atoms with van der Waals surface area (Å²) in [6, 6.07) is 7.49. The lowest BCUT2D eigenvalue weighted by molar-refractivity contribution is 0.0781. The van der Waals surface area contributed by atoms with Crippen LogP contribution in [0, 0.1) is 0 Å². The number of amides is 1. The number of benzene rings is 1. The van der Waals surface area contributed by atoms with E-state index < -0.39 is 5.60 Å². The lowest BCUT2D eigenvalue weighted by Gasteiger charge is -2.19. The molecule has 1 aliphatic rings. The highest BCUT2D eigenvalue weighted by Crippen LogP contribution is 2.22. The van der Waals surface area contributed by atoms with Crippen LogP contribution in [0.2, 0.25) is 0 Å². The molecule has 2 rings (SSSR count). The number of rotatable bonds is 3. The fraction of sp³-hybridized carbons (Fsp3) is 0.417. The second-order valence-electron chi connectivity index (χ2n) is 4.58. The normalized spacial score (nSPS) is 23.9. The summed E-state index contributed by atoms with van der Waals surface area (Å²) >= 11 is 0. The topological polar surface area (TPSA) is 55.6 Å². The molecule has 1 fully saturated rings. The number of ether oxygens (including phenoxy) is 1. The van der Waals surface area contributed by atoms with Gasteiger partial charge in [-0.15, -0.1) is 0 Å². The van der Waals surface area contributed by atoms with Crippen molar-refractivity contribution in [3.05, 3.63) is 29.8 Å². The molecule has 0 saturated carbocycles. The summed E-state index contributed by atoms with van der Waals surface area (Å²) in [4.78, 5) is 13.3. The maximum atomic E-state index is 11.7. The van der Waals surface area contributed by atoms with Crippen LogP contribution >= 0.6 is 0 Å². The quantitative estimate of drug-likeness (QED) is 0.752. The molecule has 0 aliphatic carbocycles. The zero-order valence-electron chi connectivity index (χ0n) is 9.85. The zero-order valence-corrected chi connectivity index (χ0v) is 9.85. The van der Waals surface area contributed by atoms with Crippen molar-refractivity contribution in [1.29, 1.82) is 0 Å². The van der Waals surface area contributed by atoms with Gasteiger partial charge < -0.3 is 10.5 Å². The molecule has 1 heterocycles. The Hall–Kier alpha value is -1.49. The van der Waals surface area contributed by atoms with Gasteiger partial charge in [-0.3, -0.25) is 4.90 Å². The Bertz CT molecular complexity index is 438. The molecule has 0 bridgehead atoms. The molecule has 0 aromatic heterocycles. The molecule has 17 heavy (non-hydrogen) atoms. The van der Waals surface area contributed by atoms with E-state index in [0.717, 1.165) is 5.56 Å². The van der Waals surface area contributed by atoms with Crippen molar-refractivity contribution in [2.45, 2.75) is 19.1 Å². The van der Waals surface area contributed by atoms with Crippen molar-refractivity contribution in [1.82, 2.24) is 4.90 Å². The Morgan fingerprint density at radius 3 is 2.82 bits per heavy atom. The van der Waals surface area contributed by atoms with Crippen molar-refractivity contribution in [2.75, 3.05) is 13.1 Å². The zero-order chi connectivity index (χ0) is 12.5. The van der Waals surface area contributed by atoms with Gasteiger partial charge in [-0.05, 0) is 12.5 Å². The van der Waals surface area contributed by atoms with Gasteiger partial charge >= 0.3 is 6.09 Å². The summed E-state index contributed by atoms with van der Waals surface area (Å²) in [5, 5.41) is 0. The van der Waals surface area contributed by atoms with Crippen LogP contribution < -0.4 is 11.2 Å². The van der Waals surface area contributed by atoms with Crippen LogP contribution in [-0.2, 0) is 11.3 Å². The fourth-order valence-electron chi connectivity index (χ4n) is 1.89.